The first-order valence-corrected chi connectivity index (χ1v) is 5.87. The van der Waals surface area contributed by atoms with Crippen LogP contribution in [0, 0.1) is 5.92 Å². The number of nitrogens with one attached hydrogen (secondary N) is 1. The molecule has 0 aliphatic heterocycles. The van der Waals surface area contributed by atoms with Crippen molar-refractivity contribution in [2.24, 2.45) is 5.92 Å². The molecule has 0 spiro atoms. The fraction of sp³-hybridized carbons (Fsp3) is 0.538. The van der Waals surface area contributed by atoms with E-state index in [2.05, 4.69) is 24.1 Å². The molecule has 0 aliphatic rings. The predicted octanol–water partition coefficient (Wildman–Crippen LogP) is 3.13. The number of nitrogens with zero attached hydrogens (tertiary/aromatic N) is 1. The van der Waals surface area contributed by atoms with Crippen LogP contribution in [0.5, 0.6) is 0 Å². The predicted molar refractivity (Wildman–Crippen MR) is 66.8 cm³/mol. The number of carbonyl (C=O) groups is 1. The molecule has 0 aromatic carbocycles. The van der Waals surface area contributed by atoms with Gasteiger partial charge < -0.3 is 5.32 Å². The Balaban J connectivity index is 2.78. The zero-order chi connectivity index (χ0) is 12.0. The molecule has 3 heteroatoms. The van der Waals surface area contributed by atoms with Gasteiger partial charge in [-0.15, -0.1) is 0 Å². The van der Waals surface area contributed by atoms with Crippen LogP contribution in [-0.2, 0) is 0 Å². The quantitative estimate of drug-likeness (QED) is 0.749. The van der Waals surface area contributed by atoms with E-state index < -0.39 is 0 Å². The van der Waals surface area contributed by atoms with Gasteiger partial charge in [0.25, 0.3) is 0 Å². The normalized spacial score (nSPS) is 10.5. The van der Waals surface area contributed by atoms with E-state index in [1.807, 2.05) is 19.1 Å². The monoisotopic (exact) mass is 220 g/mol. The Morgan fingerprint density at radius 1 is 1.50 bits per heavy atom. The first-order chi connectivity index (χ1) is 7.65. The summed E-state index contributed by atoms with van der Waals surface area (Å²) in [7, 11) is 0. The minimum absolute atomic E-state index is 0.168. The molecule has 0 amide bonds. The molecule has 88 valence electrons. The number of carbonyl (C=O) groups excluding carboxylic acids is 1. The Hall–Kier alpha value is -1.38. The van der Waals surface area contributed by atoms with Crippen LogP contribution in [0.25, 0.3) is 0 Å². The fourth-order valence-corrected chi connectivity index (χ4v) is 1.43. The molecule has 16 heavy (non-hydrogen) atoms. The van der Waals surface area contributed by atoms with Crippen LogP contribution in [0.15, 0.2) is 18.3 Å². The molecule has 1 heterocycles. The average Bonchev–Trinajstić information content (AvgIpc) is 2.27. The lowest BCUT2D eigenvalue weighted by molar-refractivity contribution is 0.0982. The van der Waals surface area contributed by atoms with Crippen molar-refractivity contribution in [1.82, 2.24) is 4.98 Å². The molecular formula is C13H20N2O. The second kappa shape index (κ2) is 6.26. The third-order valence-electron chi connectivity index (χ3n) is 2.26. The molecule has 1 rings (SSSR count). The van der Waals surface area contributed by atoms with Gasteiger partial charge in [0.2, 0.25) is 0 Å². The molecule has 0 radical (unpaired) electrons. The lowest BCUT2D eigenvalue weighted by Gasteiger charge is -2.11. The minimum Gasteiger partial charge on any atom is -0.369 e. The summed E-state index contributed by atoms with van der Waals surface area (Å²) in [6, 6.07) is 3.65. The molecule has 1 N–H and O–H groups in total. The van der Waals surface area contributed by atoms with E-state index in [9.17, 15) is 4.79 Å². The highest BCUT2D eigenvalue weighted by Crippen LogP contribution is 2.15. The standard InChI is InChI=1S/C13H20N2O/c1-4-6-12(16)11-7-5-8-14-13(11)15-9-10(2)3/h5,7-8,10H,4,6,9H2,1-3H3,(H,14,15). The molecule has 0 bridgehead atoms. The summed E-state index contributed by atoms with van der Waals surface area (Å²) in [5, 5.41) is 3.22. The maximum atomic E-state index is 11.8. The second-order valence-corrected chi connectivity index (χ2v) is 4.35. The third kappa shape index (κ3) is 3.65. The number of pyridine rings is 1. The van der Waals surface area contributed by atoms with Crippen molar-refractivity contribution < 1.29 is 4.79 Å². The van der Waals surface area contributed by atoms with Crippen LogP contribution in [0.2, 0.25) is 0 Å². The van der Waals surface area contributed by atoms with E-state index in [0.29, 0.717) is 17.9 Å². The van der Waals surface area contributed by atoms with Gasteiger partial charge in [0.1, 0.15) is 5.82 Å². The average molecular weight is 220 g/mol. The lowest BCUT2D eigenvalue weighted by atomic mass is 10.1. The Labute approximate surface area is 97.3 Å². The SMILES string of the molecule is CCCC(=O)c1cccnc1NCC(C)C. The van der Waals surface area contributed by atoms with E-state index in [0.717, 1.165) is 18.8 Å². The van der Waals surface area contributed by atoms with Gasteiger partial charge in [-0.25, -0.2) is 4.98 Å². The van der Waals surface area contributed by atoms with Crippen LogP contribution in [0.4, 0.5) is 5.82 Å². The van der Waals surface area contributed by atoms with Crippen molar-refractivity contribution in [2.75, 3.05) is 11.9 Å². The molecule has 1 aromatic rings. The largest absolute Gasteiger partial charge is 0.369 e. The first-order valence-electron chi connectivity index (χ1n) is 5.87. The summed E-state index contributed by atoms with van der Waals surface area (Å²) >= 11 is 0. The molecule has 0 saturated heterocycles. The topological polar surface area (TPSA) is 42.0 Å². The Morgan fingerprint density at radius 3 is 2.88 bits per heavy atom. The van der Waals surface area contributed by atoms with Crippen molar-refractivity contribution in [1.29, 1.82) is 0 Å². The van der Waals surface area contributed by atoms with Crippen molar-refractivity contribution in [3.05, 3.63) is 23.9 Å². The van der Waals surface area contributed by atoms with Crippen LogP contribution >= 0.6 is 0 Å². The molecule has 0 unspecified atom stereocenters. The van der Waals surface area contributed by atoms with Crippen molar-refractivity contribution in [3.63, 3.8) is 0 Å². The van der Waals surface area contributed by atoms with Gasteiger partial charge in [-0.05, 0) is 24.5 Å². The second-order valence-electron chi connectivity index (χ2n) is 4.35. The Bertz CT molecular complexity index is 348. The third-order valence-corrected chi connectivity index (χ3v) is 2.26. The van der Waals surface area contributed by atoms with Gasteiger partial charge >= 0.3 is 0 Å². The van der Waals surface area contributed by atoms with Crippen molar-refractivity contribution in [2.45, 2.75) is 33.6 Å². The van der Waals surface area contributed by atoms with Gasteiger partial charge in [-0.1, -0.05) is 20.8 Å². The highest BCUT2D eigenvalue weighted by molar-refractivity contribution is 6.00. The Kier molecular flexibility index (Phi) is 4.96. The smallest absolute Gasteiger partial charge is 0.166 e. The molecule has 0 saturated carbocycles. The number of hydrogen-bond donors (Lipinski definition) is 1. The van der Waals surface area contributed by atoms with E-state index in [4.69, 9.17) is 0 Å². The number of anilines is 1. The number of aromatic nitrogens is 1. The van der Waals surface area contributed by atoms with Gasteiger partial charge in [0.15, 0.2) is 5.78 Å². The van der Waals surface area contributed by atoms with E-state index >= 15 is 0 Å². The van der Waals surface area contributed by atoms with Crippen LogP contribution in [0.3, 0.4) is 0 Å². The number of Topliss-reactive ketones (excluding diaryl/α,β-unsaturated/α-hetero) is 1. The zero-order valence-corrected chi connectivity index (χ0v) is 10.3. The molecule has 0 atom stereocenters. The lowest BCUT2D eigenvalue weighted by Crippen LogP contribution is -2.13. The zero-order valence-electron chi connectivity index (χ0n) is 10.3. The van der Waals surface area contributed by atoms with Crippen LogP contribution < -0.4 is 5.32 Å². The van der Waals surface area contributed by atoms with E-state index in [1.54, 1.807) is 6.20 Å². The van der Waals surface area contributed by atoms with Gasteiger partial charge in [-0.3, -0.25) is 4.79 Å². The van der Waals surface area contributed by atoms with Crippen molar-refractivity contribution in [3.8, 4) is 0 Å². The summed E-state index contributed by atoms with van der Waals surface area (Å²) in [6.45, 7) is 7.10. The van der Waals surface area contributed by atoms with Gasteiger partial charge in [0.05, 0.1) is 5.56 Å². The summed E-state index contributed by atoms with van der Waals surface area (Å²) in [6.07, 6.45) is 3.17. The molecular weight excluding hydrogens is 200 g/mol. The van der Waals surface area contributed by atoms with E-state index in [-0.39, 0.29) is 5.78 Å². The fourth-order valence-electron chi connectivity index (χ4n) is 1.43. The van der Waals surface area contributed by atoms with Gasteiger partial charge in [0, 0.05) is 19.2 Å². The number of ketones is 1. The van der Waals surface area contributed by atoms with Crippen LogP contribution in [-0.4, -0.2) is 17.3 Å². The summed E-state index contributed by atoms with van der Waals surface area (Å²) < 4.78 is 0. The molecule has 0 aliphatic carbocycles. The summed E-state index contributed by atoms with van der Waals surface area (Å²) in [5.74, 6) is 1.42. The highest BCUT2D eigenvalue weighted by atomic mass is 16.1. The Morgan fingerprint density at radius 2 is 2.25 bits per heavy atom. The maximum absolute atomic E-state index is 11.8. The van der Waals surface area contributed by atoms with Crippen molar-refractivity contribution >= 4 is 11.6 Å². The van der Waals surface area contributed by atoms with E-state index in [1.165, 1.54) is 0 Å². The van der Waals surface area contributed by atoms with Gasteiger partial charge in [-0.2, -0.15) is 0 Å². The van der Waals surface area contributed by atoms with Crippen LogP contribution in [0.1, 0.15) is 44.0 Å². The number of rotatable bonds is 6. The first kappa shape index (κ1) is 12.7. The highest BCUT2D eigenvalue weighted by Gasteiger charge is 2.10. The molecule has 3 nitrogen and oxygen atoms in total. The summed E-state index contributed by atoms with van der Waals surface area (Å²) in [4.78, 5) is 16.1. The maximum Gasteiger partial charge on any atom is 0.166 e. The number of hydrogen-bond acceptors (Lipinski definition) is 3. The minimum atomic E-state index is 0.168. The summed E-state index contributed by atoms with van der Waals surface area (Å²) in [5.41, 5.74) is 0.713. The molecule has 1 aromatic heterocycles. The molecule has 0 fully saturated rings.